The molecule has 0 spiro atoms. The summed E-state index contributed by atoms with van der Waals surface area (Å²) in [6, 6.07) is 6.08. The molecule has 0 aliphatic heterocycles. The first kappa shape index (κ1) is 13.5. The van der Waals surface area contributed by atoms with E-state index in [1.807, 2.05) is 18.2 Å². The van der Waals surface area contributed by atoms with Crippen LogP contribution in [0.1, 0.15) is 25.7 Å². The molecule has 1 saturated carbocycles. The van der Waals surface area contributed by atoms with Gasteiger partial charge in [0.05, 0.1) is 12.8 Å². The Hall–Kier alpha value is -0.930. The van der Waals surface area contributed by atoms with Gasteiger partial charge in [0.15, 0.2) is 0 Å². The molecule has 18 heavy (non-hydrogen) atoms. The number of anilines is 1. The van der Waals surface area contributed by atoms with Crippen LogP contribution in [0.4, 0.5) is 5.69 Å². The molecule has 0 saturated heterocycles. The van der Waals surface area contributed by atoms with E-state index >= 15 is 0 Å². The molecule has 1 aromatic carbocycles. The Labute approximate surface area is 114 Å². The largest absolute Gasteiger partial charge is 0.495 e. The van der Waals surface area contributed by atoms with Crippen LogP contribution in [0.5, 0.6) is 5.75 Å². The second-order valence-corrected chi connectivity index (χ2v) is 5.31. The Bertz CT molecular complexity index is 397. The molecule has 3 nitrogen and oxygen atoms in total. The summed E-state index contributed by atoms with van der Waals surface area (Å²) in [4.78, 5) is 0. The van der Waals surface area contributed by atoms with Crippen LogP contribution >= 0.6 is 11.6 Å². The average Bonchev–Trinajstić information content (AvgIpc) is 2.40. The molecular formula is C14H21ClN2O. The summed E-state index contributed by atoms with van der Waals surface area (Å²) in [5.74, 6) is 1.38. The molecule has 4 heteroatoms. The highest BCUT2D eigenvalue weighted by atomic mass is 35.5. The highest BCUT2D eigenvalue weighted by Crippen LogP contribution is 2.32. The molecular weight excluding hydrogens is 248 g/mol. The first-order valence-electron chi connectivity index (χ1n) is 6.54. The van der Waals surface area contributed by atoms with Gasteiger partial charge in [-0.3, -0.25) is 0 Å². The van der Waals surface area contributed by atoms with Gasteiger partial charge < -0.3 is 15.8 Å². The lowest BCUT2D eigenvalue weighted by Gasteiger charge is -2.32. The lowest BCUT2D eigenvalue weighted by molar-refractivity contribution is 0.331. The van der Waals surface area contributed by atoms with Crippen molar-refractivity contribution in [3.05, 3.63) is 23.2 Å². The second-order valence-electron chi connectivity index (χ2n) is 4.88. The van der Waals surface area contributed by atoms with E-state index in [9.17, 15) is 0 Å². The molecule has 2 rings (SSSR count). The van der Waals surface area contributed by atoms with E-state index in [4.69, 9.17) is 22.1 Å². The molecule has 0 amide bonds. The predicted octanol–water partition coefficient (Wildman–Crippen LogP) is 3.28. The maximum absolute atomic E-state index is 6.04. The number of benzene rings is 1. The molecule has 1 fully saturated rings. The normalized spacial score (nSPS) is 23.7. The lowest BCUT2D eigenvalue weighted by atomic mass is 9.84. The summed E-state index contributed by atoms with van der Waals surface area (Å²) in [6.07, 6.45) is 4.92. The van der Waals surface area contributed by atoms with E-state index in [0.717, 1.165) is 29.4 Å². The first-order chi connectivity index (χ1) is 8.74. The van der Waals surface area contributed by atoms with Crippen molar-refractivity contribution in [1.29, 1.82) is 0 Å². The SMILES string of the molecule is COc1ccc(Cl)cc1NC1CCCCC1CN. The Balaban J connectivity index is 2.14. The van der Waals surface area contributed by atoms with Gasteiger partial charge in [-0.25, -0.2) is 0 Å². The van der Waals surface area contributed by atoms with Crippen molar-refractivity contribution in [3.8, 4) is 5.75 Å². The summed E-state index contributed by atoms with van der Waals surface area (Å²) in [5.41, 5.74) is 6.82. The van der Waals surface area contributed by atoms with Gasteiger partial charge in [-0.05, 0) is 43.5 Å². The van der Waals surface area contributed by atoms with Crippen molar-refractivity contribution in [3.63, 3.8) is 0 Å². The van der Waals surface area contributed by atoms with Gasteiger partial charge in [0.2, 0.25) is 0 Å². The van der Waals surface area contributed by atoms with E-state index in [2.05, 4.69) is 5.32 Å². The van der Waals surface area contributed by atoms with Gasteiger partial charge in [-0.2, -0.15) is 0 Å². The molecule has 0 heterocycles. The van der Waals surface area contributed by atoms with Gasteiger partial charge in [-0.1, -0.05) is 24.4 Å². The number of rotatable bonds is 4. The van der Waals surface area contributed by atoms with E-state index in [-0.39, 0.29) is 0 Å². The van der Waals surface area contributed by atoms with Crippen LogP contribution in [-0.2, 0) is 0 Å². The Morgan fingerprint density at radius 2 is 2.17 bits per heavy atom. The maximum Gasteiger partial charge on any atom is 0.142 e. The number of nitrogens with one attached hydrogen (secondary N) is 1. The van der Waals surface area contributed by atoms with Crippen molar-refractivity contribution in [2.45, 2.75) is 31.7 Å². The summed E-state index contributed by atoms with van der Waals surface area (Å²) in [7, 11) is 1.68. The van der Waals surface area contributed by atoms with E-state index in [1.165, 1.54) is 19.3 Å². The molecule has 1 aliphatic carbocycles. The third kappa shape index (κ3) is 3.09. The van der Waals surface area contributed by atoms with Crippen molar-refractivity contribution >= 4 is 17.3 Å². The molecule has 0 radical (unpaired) electrons. The highest BCUT2D eigenvalue weighted by molar-refractivity contribution is 6.30. The molecule has 1 aliphatic rings. The van der Waals surface area contributed by atoms with Crippen molar-refractivity contribution in [2.24, 2.45) is 11.7 Å². The molecule has 0 bridgehead atoms. The zero-order valence-corrected chi connectivity index (χ0v) is 11.5. The molecule has 100 valence electrons. The predicted molar refractivity (Wildman–Crippen MR) is 76.4 cm³/mol. The fourth-order valence-electron chi connectivity index (χ4n) is 2.67. The average molecular weight is 269 g/mol. The fourth-order valence-corrected chi connectivity index (χ4v) is 2.84. The van der Waals surface area contributed by atoms with Gasteiger partial charge in [-0.15, -0.1) is 0 Å². The molecule has 0 aromatic heterocycles. The van der Waals surface area contributed by atoms with Crippen LogP contribution in [0.3, 0.4) is 0 Å². The second kappa shape index (κ2) is 6.30. The van der Waals surface area contributed by atoms with Gasteiger partial charge in [0, 0.05) is 11.1 Å². The van der Waals surface area contributed by atoms with Gasteiger partial charge >= 0.3 is 0 Å². The third-order valence-electron chi connectivity index (χ3n) is 3.71. The van der Waals surface area contributed by atoms with Gasteiger partial charge in [0.1, 0.15) is 5.75 Å². The van der Waals surface area contributed by atoms with Crippen LogP contribution in [0.2, 0.25) is 5.02 Å². The number of ether oxygens (including phenoxy) is 1. The van der Waals surface area contributed by atoms with Crippen LogP contribution in [0.25, 0.3) is 0 Å². The minimum atomic E-state index is 0.427. The molecule has 2 atom stereocenters. The fraction of sp³-hybridized carbons (Fsp3) is 0.571. The number of halogens is 1. The van der Waals surface area contributed by atoms with E-state index in [0.29, 0.717) is 12.0 Å². The zero-order chi connectivity index (χ0) is 13.0. The Morgan fingerprint density at radius 1 is 1.39 bits per heavy atom. The van der Waals surface area contributed by atoms with Gasteiger partial charge in [0.25, 0.3) is 0 Å². The summed E-state index contributed by atoms with van der Waals surface area (Å²) in [6.45, 7) is 0.737. The van der Waals surface area contributed by atoms with Crippen molar-refractivity contribution in [2.75, 3.05) is 19.0 Å². The van der Waals surface area contributed by atoms with Crippen LogP contribution in [0.15, 0.2) is 18.2 Å². The lowest BCUT2D eigenvalue weighted by Crippen LogP contribution is -2.36. The third-order valence-corrected chi connectivity index (χ3v) is 3.95. The van der Waals surface area contributed by atoms with E-state index < -0.39 is 0 Å². The summed E-state index contributed by atoms with van der Waals surface area (Å²) >= 11 is 6.04. The number of hydrogen-bond donors (Lipinski definition) is 2. The van der Waals surface area contributed by atoms with E-state index in [1.54, 1.807) is 7.11 Å². The quantitative estimate of drug-likeness (QED) is 0.881. The highest BCUT2D eigenvalue weighted by Gasteiger charge is 2.24. The minimum absolute atomic E-state index is 0.427. The minimum Gasteiger partial charge on any atom is -0.495 e. The zero-order valence-electron chi connectivity index (χ0n) is 10.8. The first-order valence-corrected chi connectivity index (χ1v) is 6.92. The van der Waals surface area contributed by atoms with Crippen molar-refractivity contribution in [1.82, 2.24) is 0 Å². The number of nitrogens with two attached hydrogens (primary N) is 1. The van der Waals surface area contributed by atoms with Crippen LogP contribution in [0, 0.1) is 5.92 Å². The smallest absolute Gasteiger partial charge is 0.142 e. The van der Waals surface area contributed by atoms with Crippen molar-refractivity contribution < 1.29 is 4.74 Å². The van der Waals surface area contributed by atoms with Crippen LogP contribution < -0.4 is 15.8 Å². The number of hydrogen-bond acceptors (Lipinski definition) is 3. The molecule has 3 N–H and O–H groups in total. The topological polar surface area (TPSA) is 47.3 Å². The Morgan fingerprint density at radius 3 is 2.89 bits per heavy atom. The Kier molecular flexibility index (Phi) is 4.72. The monoisotopic (exact) mass is 268 g/mol. The number of methoxy groups -OCH3 is 1. The maximum atomic E-state index is 6.04. The van der Waals surface area contributed by atoms with Crippen LogP contribution in [-0.4, -0.2) is 19.7 Å². The molecule has 2 unspecified atom stereocenters. The summed E-state index contributed by atoms with van der Waals surface area (Å²) in [5, 5.41) is 4.27. The summed E-state index contributed by atoms with van der Waals surface area (Å²) < 4.78 is 5.36. The molecule has 1 aromatic rings. The standard InChI is InChI=1S/C14H21ClN2O/c1-18-14-7-6-11(15)8-13(14)17-12-5-3-2-4-10(12)9-16/h6-8,10,12,17H,2-5,9,16H2,1H3.